The Hall–Kier alpha value is -2.47. The van der Waals surface area contributed by atoms with Crippen molar-refractivity contribution in [3.8, 4) is 11.4 Å². The van der Waals surface area contributed by atoms with Crippen molar-refractivity contribution in [2.24, 2.45) is 5.92 Å². The maximum atomic E-state index is 12.6. The Balaban J connectivity index is 2.15. The number of carbonyl (C=O) groups is 1. The molecule has 0 bridgehead atoms. The minimum absolute atomic E-state index is 0.166. The fraction of sp³-hybridized carbons (Fsp3) is 0.476. The van der Waals surface area contributed by atoms with E-state index in [2.05, 4.69) is 39.3 Å². The summed E-state index contributed by atoms with van der Waals surface area (Å²) in [7, 11) is 4.04. The van der Waals surface area contributed by atoms with Gasteiger partial charge in [0, 0.05) is 24.7 Å². The standard InChI is InChI=1S/C21H31N5O/c1-16(2)11-13-22-19-15-18(21(27)23-12-8-14-26(3)4)24-20(25-19)17-9-6-5-7-10-17/h5-7,9-10,15-16H,8,11-14H2,1-4H3,(H,23,27)(H,22,24,25). The molecule has 0 radical (unpaired) electrons. The Kier molecular flexibility index (Phi) is 8.20. The molecule has 0 aliphatic heterocycles. The topological polar surface area (TPSA) is 70.2 Å². The molecule has 0 unspecified atom stereocenters. The lowest BCUT2D eigenvalue weighted by Gasteiger charge is -2.12. The lowest BCUT2D eigenvalue weighted by molar-refractivity contribution is 0.0947. The second-order valence-electron chi connectivity index (χ2n) is 7.35. The van der Waals surface area contributed by atoms with Crippen molar-refractivity contribution < 1.29 is 4.79 Å². The van der Waals surface area contributed by atoms with Gasteiger partial charge in [-0.3, -0.25) is 4.79 Å². The van der Waals surface area contributed by atoms with Crippen molar-refractivity contribution in [2.45, 2.75) is 26.7 Å². The van der Waals surface area contributed by atoms with Gasteiger partial charge in [-0.1, -0.05) is 44.2 Å². The molecule has 0 atom stereocenters. The van der Waals surface area contributed by atoms with Crippen LogP contribution in [0.1, 0.15) is 37.2 Å². The number of anilines is 1. The molecule has 1 aromatic carbocycles. The molecule has 6 nitrogen and oxygen atoms in total. The van der Waals surface area contributed by atoms with Gasteiger partial charge in [-0.2, -0.15) is 0 Å². The van der Waals surface area contributed by atoms with Crippen LogP contribution in [0.3, 0.4) is 0 Å². The first-order chi connectivity index (χ1) is 13.0. The SMILES string of the molecule is CC(C)CCNc1cc(C(=O)NCCCN(C)C)nc(-c2ccccc2)n1. The average Bonchev–Trinajstić information content (AvgIpc) is 2.65. The summed E-state index contributed by atoms with van der Waals surface area (Å²) in [5, 5.41) is 6.28. The first kappa shape index (κ1) is 20.8. The van der Waals surface area contributed by atoms with Crippen molar-refractivity contribution in [2.75, 3.05) is 39.0 Å². The molecular weight excluding hydrogens is 338 g/mol. The average molecular weight is 370 g/mol. The summed E-state index contributed by atoms with van der Waals surface area (Å²) in [5.41, 5.74) is 1.28. The smallest absolute Gasteiger partial charge is 0.270 e. The number of aromatic nitrogens is 2. The molecule has 0 saturated heterocycles. The van der Waals surface area contributed by atoms with E-state index in [9.17, 15) is 4.79 Å². The van der Waals surface area contributed by atoms with Gasteiger partial charge in [0.1, 0.15) is 11.5 Å². The van der Waals surface area contributed by atoms with E-state index in [1.54, 1.807) is 6.07 Å². The summed E-state index contributed by atoms with van der Waals surface area (Å²) in [6, 6.07) is 11.5. The summed E-state index contributed by atoms with van der Waals surface area (Å²) in [5.74, 6) is 1.68. The van der Waals surface area contributed by atoms with Crippen LogP contribution in [-0.4, -0.2) is 54.5 Å². The highest BCUT2D eigenvalue weighted by atomic mass is 16.1. The minimum Gasteiger partial charge on any atom is -0.370 e. The zero-order valence-corrected chi connectivity index (χ0v) is 16.8. The summed E-state index contributed by atoms with van der Waals surface area (Å²) in [6.45, 7) is 6.74. The van der Waals surface area contributed by atoms with Gasteiger partial charge in [0.2, 0.25) is 0 Å². The van der Waals surface area contributed by atoms with Crippen molar-refractivity contribution in [3.63, 3.8) is 0 Å². The molecule has 2 aromatic rings. The van der Waals surface area contributed by atoms with E-state index in [1.807, 2.05) is 44.4 Å². The van der Waals surface area contributed by atoms with Crippen LogP contribution < -0.4 is 10.6 Å². The molecule has 0 saturated carbocycles. The fourth-order valence-electron chi connectivity index (χ4n) is 2.55. The Morgan fingerprint density at radius 2 is 1.85 bits per heavy atom. The second-order valence-corrected chi connectivity index (χ2v) is 7.35. The zero-order valence-electron chi connectivity index (χ0n) is 16.8. The third kappa shape index (κ3) is 7.35. The van der Waals surface area contributed by atoms with Gasteiger partial charge in [0.25, 0.3) is 5.91 Å². The molecule has 0 fully saturated rings. The van der Waals surface area contributed by atoms with Gasteiger partial charge >= 0.3 is 0 Å². The highest BCUT2D eigenvalue weighted by Crippen LogP contribution is 2.18. The van der Waals surface area contributed by atoms with Gasteiger partial charge in [0.05, 0.1) is 0 Å². The van der Waals surface area contributed by atoms with Crippen LogP contribution >= 0.6 is 0 Å². The summed E-state index contributed by atoms with van der Waals surface area (Å²) in [4.78, 5) is 23.7. The van der Waals surface area contributed by atoms with Gasteiger partial charge in [-0.15, -0.1) is 0 Å². The largest absolute Gasteiger partial charge is 0.370 e. The third-order valence-electron chi connectivity index (χ3n) is 4.09. The van der Waals surface area contributed by atoms with Crippen LogP contribution in [-0.2, 0) is 0 Å². The number of hydrogen-bond donors (Lipinski definition) is 2. The molecule has 0 aliphatic rings. The van der Waals surface area contributed by atoms with E-state index >= 15 is 0 Å². The van der Waals surface area contributed by atoms with Crippen molar-refractivity contribution in [1.82, 2.24) is 20.2 Å². The van der Waals surface area contributed by atoms with Crippen molar-refractivity contribution in [1.29, 1.82) is 0 Å². The molecule has 6 heteroatoms. The number of amides is 1. The number of carbonyl (C=O) groups excluding carboxylic acids is 1. The number of hydrogen-bond acceptors (Lipinski definition) is 5. The Bertz CT molecular complexity index is 716. The first-order valence-corrected chi connectivity index (χ1v) is 9.57. The van der Waals surface area contributed by atoms with Crippen LogP contribution in [0.4, 0.5) is 5.82 Å². The molecule has 1 heterocycles. The van der Waals surface area contributed by atoms with Crippen LogP contribution in [0.2, 0.25) is 0 Å². The Morgan fingerprint density at radius 1 is 1.11 bits per heavy atom. The molecule has 146 valence electrons. The molecule has 2 N–H and O–H groups in total. The Labute approximate surface area is 162 Å². The molecule has 0 spiro atoms. The van der Waals surface area contributed by atoms with Gasteiger partial charge < -0.3 is 15.5 Å². The number of nitrogens with zero attached hydrogens (tertiary/aromatic N) is 3. The second kappa shape index (κ2) is 10.6. The number of benzene rings is 1. The quantitative estimate of drug-likeness (QED) is 0.629. The van der Waals surface area contributed by atoms with Crippen molar-refractivity contribution in [3.05, 3.63) is 42.1 Å². The lowest BCUT2D eigenvalue weighted by Crippen LogP contribution is -2.28. The van der Waals surface area contributed by atoms with E-state index < -0.39 is 0 Å². The van der Waals surface area contributed by atoms with E-state index in [0.717, 1.165) is 31.5 Å². The summed E-state index contributed by atoms with van der Waals surface area (Å²) < 4.78 is 0. The number of nitrogens with one attached hydrogen (secondary N) is 2. The number of rotatable bonds is 10. The van der Waals surface area contributed by atoms with Crippen LogP contribution in [0, 0.1) is 5.92 Å². The van der Waals surface area contributed by atoms with Crippen LogP contribution in [0.5, 0.6) is 0 Å². The zero-order chi connectivity index (χ0) is 19.6. The van der Waals surface area contributed by atoms with Crippen LogP contribution in [0.15, 0.2) is 36.4 Å². The Morgan fingerprint density at radius 3 is 2.52 bits per heavy atom. The monoisotopic (exact) mass is 369 g/mol. The molecular formula is C21H31N5O. The van der Waals surface area contributed by atoms with E-state index in [-0.39, 0.29) is 5.91 Å². The van der Waals surface area contributed by atoms with Gasteiger partial charge in [0.15, 0.2) is 5.82 Å². The fourth-order valence-corrected chi connectivity index (χ4v) is 2.55. The lowest BCUT2D eigenvalue weighted by atomic mass is 10.1. The predicted octanol–water partition coefficient (Wildman–Crippen LogP) is 3.28. The third-order valence-corrected chi connectivity index (χ3v) is 4.09. The maximum absolute atomic E-state index is 12.6. The maximum Gasteiger partial charge on any atom is 0.270 e. The molecule has 2 rings (SSSR count). The molecule has 0 aliphatic carbocycles. The van der Waals surface area contributed by atoms with E-state index in [1.165, 1.54) is 0 Å². The van der Waals surface area contributed by atoms with Crippen LogP contribution in [0.25, 0.3) is 11.4 Å². The van der Waals surface area contributed by atoms with Gasteiger partial charge in [-0.25, -0.2) is 9.97 Å². The summed E-state index contributed by atoms with van der Waals surface area (Å²) in [6.07, 6.45) is 1.94. The highest BCUT2D eigenvalue weighted by Gasteiger charge is 2.13. The van der Waals surface area contributed by atoms with E-state index in [0.29, 0.717) is 29.8 Å². The van der Waals surface area contributed by atoms with Crippen molar-refractivity contribution >= 4 is 11.7 Å². The first-order valence-electron chi connectivity index (χ1n) is 9.57. The minimum atomic E-state index is -0.166. The molecule has 1 aromatic heterocycles. The van der Waals surface area contributed by atoms with Gasteiger partial charge in [-0.05, 0) is 39.4 Å². The van der Waals surface area contributed by atoms with E-state index in [4.69, 9.17) is 0 Å². The summed E-state index contributed by atoms with van der Waals surface area (Å²) >= 11 is 0. The predicted molar refractivity (Wildman–Crippen MR) is 111 cm³/mol. The molecule has 1 amide bonds. The normalized spacial score (nSPS) is 11.0. The highest BCUT2D eigenvalue weighted by molar-refractivity contribution is 5.93. The molecule has 27 heavy (non-hydrogen) atoms.